The standard InChI is InChI=1S/C13H16ClN5O3/c1-2-19-11(9(14)7-16-19)8-15-12(20)4-6-18-5-3-10(17-18)13(21)22/h3,5,7H,2,4,6,8H2,1H3,(H,15,20)(H,21,22). The molecule has 118 valence electrons. The van der Waals surface area contributed by atoms with Crippen molar-refractivity contribution in [2.75, 3.05) is 0 Å². The van der Waals surface area contributed by atoms with Gasteiger partial charge in [-0.2, -0.15) is 10.2 Å². The third-order valence-corrected chi connectivity index (χ3v) is 3.39. The van der Waals surface area contributed by atoms with Gasteiger partial charge in [0.25, 0.3) is 0 Å². The van der Waals surface area contributed by atoms with Gasteiger partial charge in [-0.05, 0) is 13.0 Å². The third-order valence-electron chi connectivity index (χ3n) is 3.08. The second kappa shape index (κ2) is 7.08. The van der Waals surface area contributed by atoms with Crippen LogP contribution in [0.2, 0.25) is 5.02 Å². The molecule has 2 rings (SSSR count). The summed E-state index contributed by atoms with van der Waals surface area (Å²) in [5.41, 5.74) is 0.712. The third kappa shape index (κ3) is 3.85. The topological polar surface area (TPSA) is 102 Å². The molecule has 0 aliphatic rings. The summed E-state index contributed by atoms with van der Waals surface area (Å²) in [4.78, 5) is 22.5. The maximum Gasteiger partial charge on any atom is 0.356 e. The number of amides is 1. The average Bonchev–Trinajstić information content (AvgIpc) is 3.09. The number of hydrogen-bond acceptors (Lipinski definition) is 4. The van der Waals surface area contributed by atoms with Gasteiger partial charge >= 0.3 is 5.97 Å². The zero-order valence-corrected chi connectivity index (χ0v) is 12.7. The highest BCUT2D eigenvalue weighted by Gasteiger charge is 2.11. The van der Waals surface area contributed by atoms with Crippen LogP contribution < -0.4 is 5.32 Å². The normalized spacial score (nSPS) is 10.6. The molecule has 2 aromatic heterocycles. The highest BCUT2D eigenvalue weighted by Crippen LogP contribution is 2.14. The molecule has 0 aliphatic carbocycles. The molecule has 2 aromatic rings. The second-order valence-electron chi connectivity index (χ2n) is 4.55. The maximum absolute atomic E-state index is 11.8. The van der Waals surface area contributed by atoms with Gasteiger partial charge in [-0.1, -0.05) is 11.6 Å². The molecule has 0 radical (unpaired) electrons. The first-order valence-electron chi connectivity index (χ1n) is 6.75. The first-order chi connectivity index (χ1) is 10.5. The van der Waals surface area contributed by atoms with E-state index in [0.29, 0.717) is 24.7 Å². The van der Waals surface area contributed by atoms with Gasteiger partial charge < -0.3 is 10.4 Å². The Morgan fingerprint density at radius 3 is 2.86 bits per heavy atom. The highest BCUT2D eigenvalue weighted by atomic mass is 35.5. The molecule has 0 aliphatic heterocycles. The van der Waals surface area contributed by atoms with Crippen LogP contribution in [0.5, 0.6) is 0 Å². The number of hydrogen-bond donors (Lipinski definition) is 2. The van der Waals surface area contributed by atoms with Crippen LogP contribution in [0.3, 0.4) is 0 Å². The van der Waals surface area contributed by atoms with Crippen molar-refractivity contribution >= 4 is 23.5 Å². The van der Waals surface area contributed by atoms with E-state index in [9.17, 15) is 9.59 Å². The zero-order chi connectivity index (χ0) is 16.1. The molecule has 0 bridgehead atoms. The minimum Gasteiger partial charge on any atom is -0.476 e. The number of aryl methyl sites for hydroxylation is 2. The molecular formula is C13H16ClN5O3. The molecule has 0 fully saturated rings. The second-order valence-corrected chi connectivity index (χ2v) is 4.96. The predicted molar refractivity (Wildman–Crippen MR) is 78.6 cm³/mol. The van der Waals surface area contributed by atoms with Crippen molar-refractivity contribution in [3.8, 4) is 0 Å². The van der Waals surface area contributed by atoms with Gasteiger partial charge in [0.15, 0.2) is 5.69 Å². The van der Waals surface area contributed by atoms with E-state index in [1.807, 2.05) is 6.92 Å². The summed E-state index contributed by atoms with van der Waals surface area (Å²) < 4.78 is 3.14. The van der Waals surface area contributed by atoms with E-state index in [1.165, 1.54) is 16.9 Å². The first kappa shape index (κ1) is 16.0. The average molecular weight is 326 g/mol. The molecular weight excluding hydrogens is 310 g/mol. The Balaban J connectivity index is 1.82. The van der Waals surface area contributed by atoms with Gasteiger partial charge in [-0.25, -0.2) is 4.79 Å². The molecule has 0 unspecified atom stereocenters. The summed E-state index contributed by atoms with van der Waals surface area (Å²) in [6.45, 7) is 3.21. The van der Waals surface area contributed by atoms with Crippen LogP contribution in [0.15, 0.2) is 18.5 Å². The largest absolute Gasteiger partial charge is 0.476 e. The first-order valence-corrected chi connectivity index (χ1v) is 7.12. The lowest BCUT2D eigenvalue weighted by molar-refractivity contribution is -0.121. The molecule has 9 heteroatoms. The van der Waals surface area contributed by atoms with Gasteiger partial charge in [-0.15, -0.1) is 0 Å². The van der Waals surface area contributed by atoms with Crippen molar-refractivity contribution in [3.63, 3.8) is 0 Å². The number of nitrogens with one attached hydrogen (secondary N) is 1. The molecule has 0 saturated heterocycles. The number of carboxylic acids is 1. The fourth-order valence-electron chi connectivity index (χ4n) is 1.92. The predicted octanol–water partition coefficient (Wildman–Crippen LogP) is 1.16. The van der Waals surface area contributed by atoms with Gasteiger partial charge in [0.05, 0.1) is 23.5 Å². The monoisotopic (exact) mass is 325 g/mol. The fraction of sp³-hybridized carbons (Fsp3) is 0.385. The quantitative estimate of drug-likeness (QED) is 0.795. The van der Waals surface area contributed by atoms with Crippen molar-refractivity contribution in [2.24, 2.45) is 0 Å². The van der Waals surface area contributed by atoms with E-state index in [1.54, 1.807) is 10.9 Å². The molecule has 1 amide bonds. The van der Waals surface area contributed by atoms with Crippen molar-refractivity contribution in [3.05, 3.63) is 34.9 Å². The fourth-order valence-corrected chi connectivity index (χ4v) is 2.13. The Labute approximate surface area is 131 Å². The van der Waals surface area contributed by atoms with E-state index < -0.39 is 5.97 Å². The lowest BCUT2D eigenvalue weighted by atomic mass is 10.3. The number of carbonyl (C=O) groups excluding carboxylic acids is 1. The summed E-state index contributed by atoms with van der Waals surface area (Å²) in [7, 11) is 0. The van der Waals surface area contributed by atoms with E-state index >= 15 is 0 Å². The summed E-state index contributed by atoms with van der Waals surface area (Å²) in [5.74, 6) is -1.27. The van der Waals surface area contributed by atoms with Crippen molar-refractivity contribution in [1.82, 2.24) is 24.9 Å². The Morgan fingerprint density at radius 1 is 1.45 bits per heavy atom. The van der Waals surface area contributed by atoms with Gasteiger partial charge in [-0.3, -0.25) is 14.2 Å². The lowest BCUT2D eigenvalue weighted by Crippen LogP contribution is -2.25. The molecule has 2 heterocycles. The smallest absolute Gasteiger partial charge is 0.356 e. The number of carbonyl (C=O) groups is 2. The summed E-state index contributed by atoms with van der Waals surface area (Å²) in [5, 5.41) is 20.0. The van der Waals surface area contributed by atoms with Crippen LogP contribution in [-0.4, -0.2) is 36.5 Å². The van der Waals surface area contributed by atoms with E-state index in [4.69, 9.17) is 16.7 Å². The molecule has 0 aromatic carbocycles. The van der Waals surface area contributed by atoms with Crippen LogP contribution in [0.4, 0.5) is 0 Å². The molecule has 0 atom stereocenters. The van der Waals surface area contributed by atoms with Crippen LogP contribution >= 0.6 is 11.6 Å². The minimum atomic E-state index is -1.09. The summed E-state index contributed by atoms with van der Waals surface area (Å²) >= 11 is 6.01. The SMILES string of the molecule is CCn1ncc(Cl)c1CNC(=O)CCn1ccc(C(=O)O)n1. The van der Waals surface area contributed by atoms with Crippen molar-refractivity contribution in [2.45, 2.75) is 33.0 Å². The number of carboxylic acid groups (broad SMARTS) is 1. The lowest BCUT2D eigenvalue weighted by Gasteiger charge is -2.08. The zero-order valence-electron chi connectivity index (χ0n) is 12.0. The number of aromatic carboxylic acids is 1. The van der Waals surface area contributed by atoms with Gasteiger partial charge in [0.1, 0.15) is 0 Å². The van der Waals surface area contributed by atoms with Crippen molar-refractivity contribution < 1.29 is 14.7 Å². The summed E-state index contributed by atoms with van der Waals surface area (Å²) in [6, 6.07) is 1.39. The Hall–Kier alpha value is -2.35. The number of aromatic nitrogens is 4. The van der Waals surface area contributed by atoms with Gasteiger partial charge in [0, 0.05) is 25.7 Å². The molecule has 22 heavy (non-hydrogen) atoms. The van der Waals surface area contributed by atoms with Crippen LogP contribution in [0.25, 0.3) is 0 Å². The number of rotatable bonds is 7. The van der Waals surface area contributed by atoms with E-state index in [-0.39, 0.29) is 18.0 Å². The number of halogens is 1. The molecule has 8 nitrogen and oxygen atoms in total. The Bertz CT molecular complexity index is 679. The van der Waals surface area contributed by atoms with Crippen LogP contribution in [0, 0.1) is 0 Å². The van der Waals surface area contributed by atoms with E-state index in [0.717, 1.165) is 5.69 Å². The maximum atomic E-state index is 11.8. The van der Waals surface area contributed by atoms with Crippen LogP contribution in [-0.2, 0) is 24.4 Å². The van der Waals surface area contributed by atoms with Crippen molar-refractivity contribution in [1.29, 1.82) is 0 Å². The molecule has 0 saturated carbocycles. The molecule has 2 N–H and O–H groups in total. The highest BCUT2D eigenvalue weighted by molar-refractivity contribution is 6.31. The van der Waals surface area contributed by atoms with Gasteiger partial charge in [0.2, 0.25) is 5.91 Å². The van der Waals surface area contributed by atoms with Crippen LogP contribution in [0.1, 0.15) is 29.5 Å². The molecule has 0 spiro atoms. The Kier molecular flexibility index (Phi) is 5.16. The summed E-state index contributed by atoms with van der Waals surface area (Å²) in [6.07, 6.45) is 3.27. The minimum absolute atomic E-state index is 0.0426. The van der Waals surface area contributed by atoms with E-state index in [2.05, 4.69) is 15.5 Å². The Morgan fingerprint density at radius 2 is 2.23 bits per heavy atom. The number of nitrogens with zero attached hydrogens (tertiary/aromatic N) is 4.